The van der Waals surface area contributed by atoms with E-state index in [4.69, 9.17) is 11.5 Å². The molecule has 1 fully saturated rings. The number of carbonyl (C=O) groups is 2. The number of rotatable bonds is 4. The molecule has 0 bridgehead atoms. The second-order valence-corrected chi connectivity index (χ2v) is 7.28. The molecule has 148 valence electrons. The molecule has 0 saturated heterocycles. The van der Waals surface area contributed by atoms with E-state index in [9.17, 15) is 20.1 Å². The zero-order valence-electron chi connectivity index (χ0n) is 15.9. The molecule has 9 heteroatoms. The summed E-state index contributed by atoms with van der Waals surface area (Å²) in [5.41, 5.74) is 11.2. The Balaban J connectivity index is 2.33. The highest BCUT2D eigenvalue weighted by atomic mass is 16.2. The van der Waals surface area contributed by atoms with Crippen molar-refractivity contribution in [1.82, 2.24) is 5.43 Å². The molecule has 3 amide bonds. The number of aliphatic imine (C=N–C) groups is 1. The van der Waals surface area contributed by atoms with Crippen LogP contribution in [-0.4, -0.2) is 23.5 Å². The van der Waals surface area contributed by atoms with Gasteiger partial charge in [0, 0.05) is 24.0 Å². The average Bonchev–Trinajstić information content (AvgIpc) is 2.93. The topological polar surface area (TPSA) is 171 Å². The number of urea groups is 1. The summed E-state index contributed by atoms with van der Waals surface area (Å²) in [6.45, 7) is 1.98. The number of benzene rings is 1. The van der Waals surface area contributed by atoms with Gasteiger partial charge in [-0.05, 0) is 12.0 Å². The van der Waals surface area contributed by atoms with E-state index in [1.54, 1.807) is 0 Å². The summed E-state index contributed by atoms with van der Waals surface area (Å²) in [5.74, 6) is -1.91. The van der Waals surface area contributed by atoms with Crippen molar-refractivity contribution in [2.45, 2.75) is 32.1 Å². The van der Waals surface area contributed by atoms with E-state index < -0.39 is 28.7 Å². The van der Waals surface area contributed by atoms with Crippen LogP contribution in [-0.2, 0) is 4.79 Å². The number of amides is 3. The first kappa shape index (κ1) is 20.0. The van der Waals surface area contributed by atoms with Crippen LogP contribution in [0.1, 0.15) is 37.7 Å². The van der Waals surface area contributed by atoms with Gasteiger partial charge in [0.15, 0.2) is 5.41 Å². The minimum absolute atomic E-state index is 0.150. The SMILES string of the molecule is CCCC1/C(=N/NC(N)=O)CC2(C#N)C(=O)N=C(N)C2(C#N)C1c1ccccc1. The average molecular weight is 391 g/mol. The van der Waals surface area contributed by atoms with E-state index in [1.807, 2.05) is 43.3 Å². The summed E-state index contributed by atoms with van der Waals surface area (Å²) in [5, 5.41) is 24.5. The van der Waals surface area contributed by atoms with Gasteiger partial charge < -0.3 is 11.5 Å². The Hall–Kier alpha value is -3.72. The van der Waals surface area contributed by atoms with E-state index in [0.29, 0.717) is 12.1 Å². The van der Waals surface area contributed by atoms with Crippen LogP contribution in [0.3, 0.4) is 0 Å². The maximum atomic E-state index is 12.9. The number of nitrogens with two attached hydrogens (primary N) is 2. The quantitative estimate of drug-likeness (QED) is 0.660. The first-order chi connectivity index (χ1) is 13.9. The van der Waals surface area contributed by atoms with Gasteiger partial charge in [-0.15, -0.1) is 0 Å². The van der Waals surface area contributed by atoms with Crippen molar-refractivity contribution in [2.24, 2.45) is 38.3 Å². The molecule has 0 spiro atoms. The molecular weight excluding hydrogens is 370 g/mol. The van der Waals surface area contributed by atoms with E-state index >= 15 is 0 Å². The second kappa shape index (κ2) is 7.36. The van der Waals surface area contributed by atoms with E-state index in [2.05, 4.69) is 21.6 Å². The van der Waals surface area contributed by atoms with Crippen LogP contribution in [0.25, 0.3) is 0 Å². The van der Waals surface area contributed by atoms with Gasteiger partial charge in [-0.1, -0.05) is 43.7 Å². The van der Waals surface area contributed by atoms with Crippen molar-refractivity contribution >= 4 is 23.5 Å². The van der Waals surface area contributed by atoms with Gasteiger partial charge in [-0.3, -0.25) is 4.79 Å². The monoisotopic (exact) mass is 391 g/mol. The predicted octanol–water partition coefficient (Wildman–Crippen LogP) is 1.53. The molecule has 1 aliphatic heterocycles. The zero-order valence-corrected chi connectivity index (χ0v) is 15.9. The third kappa shape index (κ3) is 2.74. The standard InChI is InChI=1S/C20H21N7O2/c1-2-6-13-14(26-27-18(24)29)9-19(10-21)17(28)25-16(23)20(19,11-22)15(13)12-7-4-3-5-8-12/h3-5,7-8,13,15H,2,6,9H2,1H3,(H2,23,25,28)(H3,24,27,29)/b26-14+. The van der Waals surface area contributed by atoms with Crippen molar-refractivity contribution in [3.05, 3.63) is 35.9 Å². The number of hydrazone groups is 1. The number of primary amides is 1. The Labute approximate surface area is 168 Å². The zero-order chi connectivity index (χ0) is 21.2. The maximum absolute atomic E-state index is 12.9. The molecule has 4 atom stereocenters. The number of nitriles is 2. The van der Waals surface area contributed by atoms with Gasteiger partial charge in [-0.25, -0.2) is 10.2 Å². The van der Waals surface area contributed by atoms with Gasteiger partial charge in [0.25, 0.3) is 5.91 Å². The summed E-state index contributed by atoms with van der Waals surface area (Å²) in [7, 11) is 0. The number of nitrogens with one attached hydrogen (secondary N) is 1. The molecule has 1 aliphatic carbocycles. The first-order valence-corrected chi connectivity index (χ1v) is 9.26. The molecule has 3 rings (SSSR count). The van der Waals surface area contributed by atoms with Gasteiger partial charge in [-0.2, -0.15) is 20.6 Å². The molecule has 2 aliphatic rings. The summed E-state index contributed by atoms with van der Waals surface area (Å²) in [4.78, 5) is 28.0. The molecule has 0 radical (unpaired) electrons. The van der Waals surface area contributed by atoms with Crippen LogP contribution in [0.15, 0.2) is 40.4 Å². The minimum atomic E-state index is -1.82. The molecule has 5 N–H and O–H groups in total. The van der Waals surface area contributed by atoms with Crippen molar-refractivity contribution in [3.63, 3.8) is 0 Å². The smallest absolute Gasteiger partial charge is 0.332 e. The molecule has 1 heterocycles. The summed E-state index contributed by atoms with van der Waals surface area (Å²) in [6.07, 6.45) is 1.19. The van der Waals surface area contributed by atoms with Crippen LogP contribution < -0.4 is 16.9 Å². The number of amidine groups is 1. The molecular formula is C20H21N7O2. The highest BCUT2D eigenvalue weighted by molar-refractivity contribution is 6.15. The third-order valence-corrected chi connectivity index (χ3v) is 5.84. The van der Waals surface area contributed by atoms with E-state index in [-0.39, 0.29) is 18.2 Å². The largest absolute Gasteiger partial charge is 0.386 e. The number of carbonyl (C=O) groups excluding carboxylic acids is 2. The maximum Gasteiger partial charge on any atom is 0.332 e. The van der Waals surface area contributed by atoms with Gasteiger partial charge in [0.05, 0.1) is 12.1 Å². The summed E-state index contributed by atoms with van der Waals surface area (Å²) in [6, 6.07) is 12.5. The Kier molecular flexibility index (Phi) is 5.08. The number of nitrogens with zero attached hydrogens (tertiary/aromatic N) is 4. The lowest BCUT2D eigenvalue weighted by molar-refractivity contribution is -0.126. The van der Waals surface area contributed by atoms with Crippen LogP contribution >= 0.6 is 0 Å². The predicted molar refractivity (Wildman–Crippen MR) is 105 cm³/mol. The van der Waals surface area contributed by atoms with Crippen molar-refractivity contribution in [3.8, 4) is 12.1 Å². The van der Waals surface area contributed by atoms with Crippen LogP contribution in [0.2, 0.25) is 0 Å². The highest BCUT2D eigenvalue weighted by Crippen LogP contribution is 2.62. The van der Waals surface area contributed by atoms with Gasteiger partial charge in [0.1, 0.15) is 11.3 Å². The Morgan fingerprint density at radius 2 is 2.03 bits per heavy atom. The van der Waals surface area contributed by atoms with Gasteiger partial charge >= 0.3 is 6.03 Å². The van der Waals surface area contributed by atoms with E-state index in [0.717, 1.165) is 12.0 Å². The highest BCUT2D eigenvalue weighted by Gasteiger charge is 2.72. The molecule has 29 heavy (non-hydrogen) atoms. The Morgan fingerprint density at radius 1 is 1.34 bits per heavy atom. The van der Waals surface area contributed by atoms with Gasteiger partial charge in [0.2, 0.25) is 0 Å². The lowest BCUT2D eigenvalue weighted by Gasteiger charge is -2.48. The lowest BCUT2D eigenvalue weighted by Crippen LogP contribution is -2.59. The normalized spacial score (nSPS) is 32.0. The fraction of sp³-hybridized carbons (Fsp3) is 0.400. The molecule has 1 aromatic carbocycles. The molecule has 1 saturated carbocycles. The molecule has 1 aromatic rings. The van der Waals surface area contributed by atoms with Crippen molar-refractivity contribution < 1.29 is 9.59 Å². The fourth-order valence-electron chi connectivity index (χ4n) is 4.65. The summed E-state index contributed by atoms with van der Waals surface area (Å²) >= 11 is 0. The Morgan fingerprint density at radius 3 is 2.59 bits per heavy atom. The van der Waals surface area contributed by atoms with Crippen LogP contribution in [0, 0.1) is 39.4 Å². The lowest BCUT2D eigenvalue weighted by atomic mass is 9.47. The summed E-state index contributed by atoms with van der Waals surface area (Å²) < 4.78 is 0. The molecule has 0 aromatic heterocycles. The first-order valence-electron chi connectivity index (χ1n) is 9.26. The number of hydrogen-bond donors (Lipinski definition) is 3. The van der Waals surface area contributed by atoms with Crippen molar-refractivity contribution in [2.75, 3.05) is 0 Å². The molecule has 9 nitrogen and oxygen atoms in total. The molecule has 4 unspecified atom stereocenters. The number of hydrogen-bond acceptors (Lipinski definition) is 6. The number of fused-ring (bicyclic) bond motifs is 1. The van der Waals surface area contributed by atoms with Crippen LogP contribution in [0.4, 0.5) is 4.79 Å². The Bertz CT molecular complexity index is 988. The van der Waals surface area contributed by atoms with E-state index in [1.165, 1.54) is 0 Å². The second-order valence-electron chi connectivity index (χ2n) is 7.28. The van der Waals surface area contributed by atoms with Crippen molar-refractivity contribution in [1.29, 1.82) is 10.5 Å². The third-order valence-electron chi connectivity index (χ3n) is 5.84. The minimum Gasteiger partial charge on any atom is -0.386 e. The van der Waals surface area contributed by atoms with Crippen LogP contribution in [0.5, 0.6) is 0 Å². The fourth-order valence-corrected chi connectivity index (χ4v) is 4.65.